The van der Waals surface area contributed by atoms with E-state index >= 15 is 0 Å². The van der Waals surface area contributed by atoms with Crippen molar-refractivity contribution in [2.75, 3.05) is 0 Å². The van der Waals surface area contributed by atoms with Crippen molar-refractivity contribution >= 4 is 32.8 Å². The molecule has 2 heterocycles. The predicted molar refractivity (Wildman–Crippen MR) is 205 cm³/mol. The van der Waals surface area contributed by atoms with E-state index < -0.39 is 0 Å². The Morgan fingerprint density at radius 1 is 0.596 bits per heavy atom. The first-order chi connectivity index (χ1) is 24.9. The Hall–Kier alpha value is -5.70. The van der Waals surface area contributed by atoms with Crippen LogP contribution < -0.4 is 9.30 Å². The Balaban J connectivity index is 0.00000387. The van der Waals surface area contributed by atoms with Crippen LogP contribution in [-0.4, -0.2) is 9.13 Å². The van der Waals surface area contributed by atoms with Gasteiger partial charge in [0.1, 0.15) is 0 Å². The maximum absolute atomic E-state index is 6.54. The second-order valence-electron chi connectivity index (χ2n) is 13.8. The zero-order chi connectivity index (χ0) is 34.5. The number of hydrogen-bond donors (Lipinski definition) is 0. The summed E-state index contributed by atoms with van der Waals surface area (Å²) < 4.78 is 12.9. The number of ether oxygens (including phenoxy) is 1. The van der Waals surface area contributed by atoms with Gasteiger partial charge in [-0.3, -0.25) is 4.57 Å². The summed E-state index contributed by atoms with van der Waals surface area (Å²) in [5.41, 5.74) is 10.5. The minimum atomic E-state index is -0.00916. The van der Waals surface area contributed by atoms with Crippen molar-refractivity contribution in [3.05, 3.63) is 182 Å². The minimum Gasteiger partial charge on any atom is -0.510 e. The van der Waals surface area contributed by atoms with Crippen molar-refractivity contribution in [1.82, 2.24) is 9.13 Å². The molecule has 0 N–H and O–H groups in total. The van der Waals surface area contributed by atoms with E-state index in [2.05, 4.69) is 145 Å². The maximum Gasteiger partial charge on any atom is 4.00 e. The Bertz CT molecular complexity index is 2700. The molecule has 252 valence electrons. The summed E-state index contributed by atoms with van der Waals surface area (Å²) >= 11 is 0. The number of benzene rings is 7. The normalized spacial score (nSPS) is 11.6. The van der Waals surface area contributed by atoms with E-state index in [1.54, 1.807) is 0 Å². The zero-order valence-electron chi connectivity index (χ0n) is 29.0. The molecule has 0 bridgehead atoms. The Morgan fingerprint density at radius 2 is 1.35 bits per heavy atom. The Labute approximate surface area is 318 Å². The number of fused-ring (bicyclic) bond motifs is 4. The predicted octanol–water partition coefficient (Wildman–Crippen LogP) is 11.0. The van der Waals surface area contributed by atoms with Gasteiger partial charge < -0.3 is 13.9 Å². The van der Waals surface area contributed by atoms with Gasteiger partial charge in [0, 0.05) is 17.0 Å². The fourth-order valence-electron chi connectivity index (χ4n) is 6.85. The third-order valence-corrected chi connectivity index (χ3v) is 9.44. The van der Waals surface area contributed by atoms with Gasteiger partial charge in [-0.25, -0.2) is 0 Å². The van der Waals surface area contributed by atoms with E-state index in [-0.39, 0.29) is 26.5 Å². The average molecular weight is 852 g/mol. The van der Waals surface area contributed by atoms with Gasteiger partial charge in [0.25, 0.3) is 6.33 Å². The van der Waals surface area contributed by atoms with Crippen LogP contribution in [0.25, 0.3) is 61.0 Å². The molecule has 0 saturated heterocycles. The molecule has 0 saturated carbocycles. The molecular weight excluding hydrogens is 818 g/mol. The number of hydrogen-bond acceptors (Lipinski definition) is 1. The summed E-state index contributed by atoms with van der Waals surface area (Å²) in [6.07, 6.45) is 3.54. The van der Waals surface area contributed by atoms with Gasteiger partial charge in [-0.2, -0.15) is 42.0 Å². The van der Waals surface area contributed by atoms with Crippen molar-refractivity contribution in [1.29, 1.82) is 0 Å². The van der Waals surface area contributed by atoms with Gasteiger partial charge in [-0.1, -0.05) is 117 Å². The molecule has 2 aromatic heterocycles. The molecule has 9 rings (SSSR count). The van der Waals surface area contributed by atoms with E-state index in [9.17, 15) is 0 Å². The summed E-state index contributed by atoms with van der Waals surface area (Å²) in [5, 5.41) is 2.25. The van der Waals surface area contributed by atoms with Gasteiger partial charge in [0.15, 0.2) is 0 Å². The molecular formula is C47H34N3OPt+. The van der Waals surface area contributed by atoms with Crippen molar-refractivity contribution in [3.63, 3.8) is 0 Å². The largest absolute Gasteiger partial charge is 4.00 e. The minimum absolute atomic E-state index is 0. The fraction of sp³-hybridized carbons (Fsp3) is 0.0851. The van der Waals surface area contributed by atoms with Crippen LogP contribution in [0.5, 0.6) is 11.5 Å². The third kappa shape index (κ3) is 6.04. The third-order valence-electron chi connectivity index (χ3n) is 9.44. The van der Waals surface area contributed by atoms with Crippen LogP contribution in [0, 0.1) is 24.5 Å². The van der Waals surface area contributed by atoms with E-state index in [1.807, 2.05) is 65.2 Å². The molecule has 9 aromatic rings. The zero-order valence-corrected chi connectivity index (χ0v) is 31.3. The topological polar surface area (TPSA) is 23.0 Å². The smallest absolute Gasteiger partial charge is 0.510 e. The first kappa shape index (κ1) is 33.4. The monoisotopic (exact) mass is 851 g/mol. The van der Waals surface area contributed by atoms with Crippen molar-refractivity contribution in [2.24, 2.45) is 0 Å². The van der Waals surface area contributed by atoms with E-state index in [0.29, 0.717) is 11.5 Å². The molecule has 0 unspecified atom stereocenters. The van der Waals surface area contributed by atoms with Crippen LogP contribution in [0.1, 0.15) is 26.3 Å². The van der Waals surface area contributed by atoms with Gasteiger partial charge in [0.2, 0.25) is 0 Å². The molecule has 0 spiro atoms. The summed E-state index contributed by atoms with van der Waals surface area (Å²) in [6, 6.07) is 62.9. The number of para-hydroxylation sites is 3. The molecule has 0 aliphatic rings. The second-order valence-corrected chi connectivity index (χ2v) is 13.8. The summed E-state index contributed by atoms with van der Waals surface area (Å²) in [5.74, 6) is 1.20. The number of aromatic nitrogens is 3. The number of rotatable bonds is 6. The quantitative estimate of drug-likeness (QED) is 0.121. The average Bonchev–Trinajstić information content (AvgIpc) is 3.71. The molecule has 52 heavy (non-hydrogen) atoms. The first-order valence-electron chi connectivity index (χ1n) is 17.2. The van der Waals surface area contributed by atoms with Crippen LogP contribution >= 0.6 is 0 Å². The molecule has 0 fully saturated rings. The SMILES string of the molecule is CC(C)(C)c1cc[c-]c(-n2c3[c-]c(Oc4[c-]c(-n5[c-][n+](-c6ccccc6)c6ccccc65)ccc4)ccc3c3cc(-c4ccccc4)ccc32)c1.[Pt+4]. The van der Waals surface area contributed by atoms with Gasteiger partial charge in [-0.15, -0.1) is 35.7 Å². The van der Waals surface area contributed by atoms with Gasteiger partial charge in [-0.05, 0) is 45.8 Å². The van der Waals surface area contributed by atoms with Crippen LogP contribution in [0.3, 0.4) is 0 Å². The summed E-state index contributed by atoms with van der Waals surface area (Å²) in [7, 11) is 0. The summed E-state index contributed by atoms with van der Waals surface area (Å²) in [6.45, 7) is 6.72. The molecule has 5 heteroatoms. The van der Waals surface area contributed by atoms with Crippen LogP contribution in [0.15, 0.2) is 152 Å². The van der Waals surface area contributed by atoms with Crippen LogP contribution in [0.2, 0.25) is 0 Å². The number of nitrogens with zero attached hydrogens (tertiary/aromatic N) is 3. The van der Waals surface area contributed by atoms with E-state index in [0.717, 1.165) is 49.9 Å². The Morgan fingerprint density at radius 3 is 2.15 bits per heavy atom. The molecule has 0 radical (unpaired) electrons. The number of imidazole rings is 1. The standard InChI is InChI=1S/C47H34N3O.Pt/c1-47(2,3)35-16-12-20-38(29-35)50-43-27-24-34(33-14-6-4-7-15-33)28-42(43)41-26-25-40(31-46(41)50)51-39-21-13-19-37(30-39)49-32-48(36-17-8-5-9-18-36)44-22-10-11-23-45(44)49;/h4-19,21-29H,1-3H3;/q-3;+4. The maximum atomic E-state index is 6.54. The second kappa shape index (κ2) is 13.4. The van der Waals surface area contributed by atoms with Crippen molar-refractivity contribution in [3.8, 4) is 39.7 Å². The van der Waals surface area contributed by atoms with E-state index in [4.69, 9.17) is 4.74 Å². The van der Waals surface area contributed by atoms with Crippen molar-refractivity contribution < 1.29 is 30.4 Å². The van der Waals surface area contributed by atoms with E-state index in [1.165, 1.54) is 16.7 Å². The van der Waals surface area contributed by atoms with Crippen LogP contribution in [-0.2, 0) is 26.5 Å². The van der Waals surface area contributed by atoms with Gasteiger partial charge >= 0.3 is 21.1 Å². The molecule has 0 aliphatic heterocycles. The summed E-state index contributed by atoms with van der Waals surface area (Å²) in [4.78, 5) is 0. The molecule has 0 aliphatic carbocycles. The van der Waals surface area contributed by atoms with Crippen LogP contribution in [0.4, 0.5) is 0 Å². The molecule has 7 aromatic carbocycles. The Kier molecular flexibility index (Phi) is 8.65. The first-order valence-corrected chi connectivity index (χ1v) is 17.2. The molecule has 0 atom stereocenters. The van der Waals surface area contributed by atoms with Crippen molar-refractivity contribution in [2.45, 2.75) is 26.2 Å². The molecule has 4 nitrogen and oxygen atoms in total. The molecule has 0 amide bonds. The van der Waals surface area contributed by atoms with Gasteiger partial charge in [0.05, 0.1) is 16.7 Å². The fourth-order valence-corrected chi connectivity index (χ4v) is 6.85.